The minimum atomic E-state index is -0.175. The summed E-state index contributed by atoms with van der Waals surface area (Å²) in [5, 5.41) is 13.4. The molecular formula is C21H20N4O2S. The largest absolute Gasteiger partial charge is 0.497 e. The Morgan fingerprint density at radius 3 is 2.75 bits per heavy atom. The number of thiophene rings is 1. The van der Waals surface area contributed by atoms with Gasteiger partial charge in [-0.3, -0.25) is 9.89 Å². The molecule has 1 aliphatic rings. The summed E-state index contributed by atoms with van der Waals surface area (Å²) in [6.45, 7) is 1.84. The van der Waals surface area contributed by atoms with Crippen molar-refractivity contribution in [2.75, 3.05) is 7.11 Å². The maximum atomic E-state index is 12.9. The van der Waals surface area contributed by atoms with Crippen molar-refractivity contribution in [3.05, 3.63) is 61.9 Å². The topological polar surface area (TPSA) is 83.2 Å². The Balaban J connectivity index is 1.69. The fraction of sp³-hybridized carbons (Fsp3) is 0.286. The van der Waals surface area contributed by atoms with Crippen LogP contribution >= 0.6 is 11.3 Å². The molecule has 7 heteroatoms. The van der Waals surface area contributed by atoms with Crippen LogP contribution in [-0.4, -0.2) is 23.1 Å². The first kappa shape index (κ1) is 18.3. The fourth-order valence-electron chi connectivity index (χ4n) is 3.51. The summed E-state index contributed by atoms with van der Waals surface area (Å²) in [4.78, 5) is 18.6. The van der Waals surface area contributed by atoms with E-state index < -0.39 is 0 Å². The molecule has 0 saturated heterocycles. The van der Waals surface area contributed by atoms with E-state index >= 15 is 0 Å². The molecule has 1 aliphatic carbocycles. The predicted octanol–water partition coefficient (Wildman–Crippen LogP) is 4.05. The van der Waals surface area contributed by atoms with E-state index in [0.717, 1.165) is 48.4 Å². The monoisotopic (exact) mass is 392 g/mol. The first-order valence-electron chi connectivity index (χ1n) is 9.17. The van der Waals surface area contributed by atoms with Crippen LogP contribution in [0.2, 0.25) is 0 Å². The lowest BCUT2D eigenvalue weighted by Gasteiger charge is -2.09. The summed E-state index contributed by atoms with van der Waals surface area (Å²) in [6.07, 6.45) is 5.80. The highest BCUT2D eigenvalue weighted by Crippen LogP contribution is 2.39. The number of ether oxygens (including phenoxy) is 1. The third-order valence-electron chi connectivity index (χ3n) is 5.02. The molecule has 1 aromatic carbocycles. The SMILES string of the molecule is COc1ccc(-n2[nH]c(C)c(/C=N/c3sc4c(c3C#N)CCCC4)c2=O)cc1. The first-order chi connectivity index (χ1) is 13.6. The van der Waals surface area contributed by atoms with Gasteiger partial charge < -0.3 is 4.74 Å². The quantitative estimate of drug-likeness (QED) is 0.680. The zero-order valence-electron chi connectivity index (χ0n) is 15.8. The summed E-state index contributed by atoms with van der Waals surface area (Å²) in [6, 6.07) is 9.55. The number of aliphatic imine (C=N–C) groups is 1. The van der Waals surface area contributed by atoms with Crippen LogP contribution in [0.3, 0.4) is 0 Å². The molecule has 2 heterocycles. The zero-order chi connectivity index (χ0) is 19.7. The highest BCUT2D eigenvalue weighted by Gasteiger charge is 2.20. The molecule has 0 bridgehead atoms. The van der Waals surface area contributed by atoms with Gasteiger partial charge in [0.25, 0.3) is 5.56 Å². The summed E-state index contributed by atoms with van der Waals surface area (Å²) < 4.78 is 6.65. The van der Waals surface area contributed by atoms with E-state index in [-0.39, 0.29) is 5.56 Å². The van der Waals surface area contributed by atoms with Gasteiger partial charge in [-0.15, -0.1) is 11.3 Å². The first-order valence-corrected chi connectivity index (χ1v) is 9.98. The van der Waals surface area contributed by atoms with Gasteiger partial charge in [-0.2, -0.15) is 5.26 Å². The number of aryl methyl sites for hydroxylation is 2. The molecule has 0 unspecified atom stereocenters. The number of fused-ring (bicyclic) bond motifs is 1. The molecule has 0 radical (unpaired) electrons. The van der Waals surface area contributed by atoms with Gasteiger partial charge >= 0.3 is 0 Å². The van der Waals surface area contributed by atoms with E-state index in [1.165, 1.54) is 9.56 Å². The van der Waals surface area contributed by atoms with Crippen LogP contribution in [0.1, 0.15) is 40.1 Å². The highest BCUT2D eigenvalue weighted by molar-refractivity contribution is 7.16. The Bertz CT molecular complexity index is 1140. The Kier molecular flexibility index (Phi) is 4.88. The van der Waals surface area contributed by atoms with E-state index in [9.17, 15) is 10.1 Å². The van der Waals surface area contributed by atoms with E-state index in [2.05, 4.69) is 16.2 Å². The molecule has 4 rings (SSSR count). The summed E-state index contributed by atoms with van der Waals surface area (Å²) >= 11 is 1.57. The maximum Gasteiger partial charge on any atom is 0.280 e. The molecule has 6 nitrogen and oxygen atoms in total. The number of nitrogens with one attached hydrogen (secondary N) is 1. The number of aromatic nitrogens is 2. The van der Waals surface area contributed by atoms with E-state index in [4.69, 9.17) is 4.74 Å². The number of aromatic amines is 1. The van der Waals surface area contributed by atoms with Crippen LogP contribution in [0.25, 0.3) is 5.69 Å². The van der Waals surface area contributed by atoms with Crippen LogP contribution in [0.15, 0.2) is 34.1 Å². The van der Waals surface area contributed by atoms with Crippen molar-refractivity contribution < 1.29 is 4.74 Å². The van der Waals surface area contributed by atoms with Gasteiger partial charge in [-0.25, -0.2) is 9.67 Å². The number of nitrogens with zero attached hydrogens (tertiary/aromatic N) is 3. The molecule has 0 saturated carbocycles. The lowest BCUT2D eigenvalue weighted by molar-refractivity contribution is 0.414. The second kappa shape index (κ2) is 7.49. The number of hydrogen-bond donors (Lipinski definition) is 1. The minimum Gasteiger partial charge on any atom is -0.497 e. The number of H-pyrrole nitrogens is 1. The standard InChI is InChI=1S/C21H20N4O2S/c1-13-18(21(26)25(24-13)14-7-9-15(27-2)10-8-14)12-23-20-17(11-22)16-5-3-4-6-19(16)28-20/h7-10,12,24H,3-6H2,1-2H3/b23-12+. The molecule has 1 N–H and O–H groups in total. The van der Waals surface area contributed by atoms with Crippen LogP contribution in [0.5, 0.6) is 5.75 Å². The second-order valence-electron chi connectivity index (χ2n) is 6.75. The Morgan fingerprint density at radius 1 is 1.29 bits per heavy atom. The molecule has 28 heavy (non-hydrogen) atoms. The smallest absolute Gasteiger partial charge is 0.280 e. The Hall–Kier alpha value is -3.11. The average Bonchev–Trinajstić information content (AvgIpc) is 3.22. The molecular weight excluding hydrogens is 372 g/mol. The van der Waals surface area contributed by atoms with Crippen molar-refractivity contribution in [2.45, 2.75) is 32.6 Å². The van der Waals surface area contributed by atoms with Crippen molar-refractivity contribution in [1.29, 1.82) is 5.26 Å². The van der Waals surface area contributed by atoms with Crippen molar-refractivity contribution in [3.8, 4) is 17.5 Å². The Morgan fingerprint density at radius 2 is 2.04 bits per heavy atom. The van der Waals surface area contributed by atoms with Gasteiger partial charge in [0.05, 0.1) is 23.9 Å². The van der Waals surface area contributed by atoms with Crippen LogP contribution in [0.4, 0.5) is 5.00 Å². The normalized spacial score (nSPS) is 13.5. The van der Waals surface area contributed by atoms with Gasteiger partial charge in [0, 0.05) is 16.8 Å². The summed E-state index contributed by atoms with van der Waals surface area (Å²) in [7, 11) is 1.60. The van der Waals surface area contributed by atoms with Gasteiger partial charge in [0.1, 0.15) is 16.8 Å². The number of nitriles is 1. The molecule has 0 atom stereocenters. The number of benzene rings is 1. The minimum absolute atomic E-state index is 0.175. The van der Waals surface area contributed by atoms with Gasteiger partial charge in [0.15, 0.2) is 0 Å². The molecule has 142 valence electrons. The Labute approximate surface area is 166 Å². The third-order valence-corrected chi connectivity index (χ3v) is 6.22. The number of rotatable bonds is 4. The summed E-state index contributed by atoms with van der Waals surface area (Å²) in [5.74, 6) is 0.729. The molecule has 3 aromatic rings. The molecule has 2 aromatic heterocycles. The lowest BCUT2D eigenvalue weighted by atomic mass is 9.96. The predicted molar refractivity (Wildman–Crippen MR) is 111 cm³/mol. The molecule has 0 amide bonds. The highest BCUT2D eigenvalue weighted by atomic mass is 32.1. The molecule has 0 aliphatic heterocycles. The van der Waals surface area contributed by atoms with Crippen LogP contribution in [-0.2, 0) is 12.8 Å². The average molecular weight is 392 g/mol. The van der Waals surface area contributed by atoms with Crippen molar-refractivity contribution in [2.24, 2.45) is 4.99 Å². The lowest BCUT2D eigenvalue weighted by Crippen LogP contribution is -2.17. The molecule has 0 spiro atoms. The van der Waals surface area contributed by atoms with Crippen LogP contribution in [0, 0.1) is 18.3 Å². The number of hydrogen-bond acceptors (Lipinski definition) is 5. The zero-order valence-corrected chi connectivity index (χ0v) is 16.6. The molecule has 0 fully saturated rings. The van der Waals surface area contributed by atoms with E-state index in [1.54, 1.807) is 36.8 Å². The fourth-order valence-corrected chi connectivity index (χ4v) is 4.69. The van der Waals surface area contributed by atoms with Gasteiger partial charge in [-0.1, -0.05) is 0 Å². The van der Waals surface area contributed by atoms with E-state index in [0.29, 0.717) is 16.1 Å². The van der Waals surface area contributed by atoms with Crippen molar-refractivity contribution in [3.63, 3.8) is 0 Å². The van der Waals surface area contributed by atoms with Gasteiger partial charge in [0.2, 0.25) is 0 Å². The number of methoxy groups -OCH3 is 1. The van der Waals surface area contributed by atoms with Crippen LogP contribution < -0.4 is 10.3 Å². The van der Waals surface area contributed by atoms with Crippen molar-refractivity contribution in [1.82, 2.24) is 9.78 Å². The van der Waals surface area contributed by atoms with E-state index in [1.807, 2.05) is 19.1 Å². The summed E-state index contributed by atoms with van der Waals surface area (Å²) in [5.41, 5.74) is 3.58. The van der Waals surface area contributed by atoms with Crippen molar-refractivity contribution >= 4 is 22.6 Å². The third kappa shape index (κ3) is 3.16. The second-order valence-corrected chi connectivity index (χ2v) is 7.83. The maximum absolute atomic E-state index is 12.9. The van der Waals surface area contributed by atoms with Gasteiger partial charge in [-0.05, 0) is 62.4 Å².